The van der Waals surface area contributed by atoms with E-state index in [1.807, 2.05) is 0 Å². The van der Waals surface area contributed by atoms with Crippen LogP contribution in [0, 0.1) is 0 Å². The first-order valence-corrected chi connectivity index (χ1v) is 12.7. The summed E-state index contributed by atoms with van der Waals surface area (Å²) in [5, 5.41) is 21.9. The number of ketones is 2. The Kier molecular flexibility index (Phi) is 4.69. The molecule has 10 nitrogen and oxygen atoms in total. The lowest BCUT2D eigenvalue weighted by molar-refractivity contribution is -0.356. The molecule has 0 aromatic heterocycles. The predicted molar refractivity (Wildman–Crippen MR) is 126 cm³/mol. The van der Waals surface area contributed by atoms with Gasteiger partial charge in [0.15, 0.2) is 11.6 Å². The van der Waals surface area contributed by atoms with Gasteiger partial charge in [0.2, 0.25) is 11.4 Å². The van der Waals surface area contributed by atoms with Crippen LogP contribution in [-0.2, 0) is 31.2 Å². The van der Waals surface area contributed by atoms with Crippen LogP contribution in [0.2, 0.25) is 0 Å². The molecule has 12 heteroatoms. The molecule has 4 aliphatic rings. The second-order valence-corrected chi connectivity index (χ2v) is 11.0. The minimum Gasteiger partial charge on any atom is -0.478 e. The lowest BCUT2D eigenvalue weighted by Gasteiger charge is -2.36. The fourth-order valence-corrected chi connectivity index (χ4v) is 7.94. The number of benzene rings is 2. The zero-order valence-corrected chi connectivity index (χ0v) is 19.5. The first kappa shape index (κ1) is 22.2. The van der Waals surface area contributed by atoms with Gasteiger partial charge in [-0.25, -0.2) is 23.0 Å². The quantitative estimate of drug-likeness (QED) is 0.403. The van der Waals surface area contributed by atoms with Crippen LogP contribution in [0.15, 0.2) is 79.3 Å². The minimum absolute atomic E-state index is 0.0114. The fraction of sp³-hybridized carbons (Fsp3) is 0.0417. The highest BCUT2D eigenvalue weighted by molar-refractivity contribution is 7.94. The Bertz CT molecular complexity index is 1700. The summed E-state index contributed by atoms with van der Waals surface area (Å²) in [5.74, 6) is -3.46. The molecule has 3 atom stereocenters. The van der Waals surface area contributed by atoms with E-state index in [-0.39, 0.29) is 53.3 Å². The molecular formula is C24H13N2O8S2+. The Morgan fingerprint density at radius 2 is 1.50 bits per heavy atom. The number of carbonyl (C=O) groups excluding carboxylic acids is 2. The maximum atomic E-state index is 13.9. The van der Waals surface area contributed by atoms with Gasteiger partial charge >= 0.3 is 11.9 Å². The number of anilines is 1. The van der Waals surface area contributed by atoms with E-state index in [0.717, 1.165) is 12.2 Å². The molecule has 6 rings (SSSR count). The van der Waals surface area contributed by atoms with Gasteiger partial charge in [-0.05, 0) is 42.5 Å². The first-order chi connectivity index (χ1) is 17.2. The third kappa shape index (κ3) is 2.98. The Balaban J connectivity index is 1.67. The summed E-state index contributed by atoms with van der Waals surface area (Å²) in [6, 6.07) is 6.85. The van der Waals surface area contributed by atoms with Gasteiger partial charge in [0.1, 0.15) is 15.4 Å². The lowest BCUT2D eigenvalue weighted by Crippen LogP contribution is -2.71. The number of rotatable bonds is 2. The van der Waals surface area contributed by atoms with Gasteiger partial charge in [0, 0.05) is 11.6 Å². The van der Waals surface area contributed by atoms with Crippen LogP contribution < -0.4 is 10.3 Å². The van der Waals surface area contributed by atoms with Crippen molar-refractivity contribution in [3.63, 3.8) is 0 Å². The summed E-state index contributed by atoms with van der Waals surface area (Å²) >= 11 is 0. The molecule has 3 unspecified atom stereocenters. The molecular weight excluding hydrogens is 508 g/mol. The minimum atomic E-state index is -2.08. The summed E-state index contributed by atoms with van der Waals surface area (Å²) in [6.07, 6.45) is 2.22. The van der Waals surface area contributed by atoms with Gasteiger partial charge < -0.3 is 15.5 Å². The number of nitrogens with one attached hydrogen (secondary N) is 2. The average molecular weight is 522 g/mol. The van der Waals surface area contributed by atoms with Crippen molar-refractivity contribution in [2.45, 2.75) is 15.8 Å². The number of carbonyl (C=O) groups is 4. The van der Waals surface area contributed by atoms with E-state index in [1.54, 1.807) is 0 Å². The van der Waals surface area contributed by atoms with Crippen LogP contribution in [0.4, 0.5) is 11.4 Å². The van der Waals surface area contributed by atoms with Gasteiger partial charge in [-0.3, -0.25) is 9.59 Å². The van der Waals surface area contributed by atoms with Crippen LogP contribution >= 0.6 is 0 Å². The third-order valence-electron chi connectivity index (χ3n) is 6.22. The molecule has 2 aromatic carbocycles. The Morgan fingerprint density at radius 3 is 2.19 bits per heavy atom. The lowest BCUT2D eigenvalue weighted by atomic mass is 9.82. The molecule has 4 N–H and O–H groups in total. The largest absolute Gasteiger partial charge is 0.478 e. The normalized spacial score (nSPS) is 23.6. The number of fused-ring (bicyclic) bond motifs is 6. The fourth-order valence-electron chi connectivity index (χ4n) is 4.61. The summed E-state index contributed by atoms with van der Waals surface area (Å²) in [5.41, 5.74) is 0.438. The van der Waals surface area contributed by atoms with E-state index < -0.39 is 51.1 Å². The highest BCUT2D eigenvalue weighted by atomic mass is 32.2. The first-order valence-electron chi connectivity index (χ1n) is 10.4. The molecule has 178 valence electrons. The zero-order valence-electron chi connectivity index (χ0n) is 17.9. The SMILES string of the molecule is O=C1C=CC(=O)C2=C1C1=[NH+]c3ccc(C(=O)O)cc3S(=O)C1=C1C2Nc2ccc(C(=O)O)cc2S1=O. The number of carboxylic acid groups (broad SMARTS) is 2. The van der Waals surface area contributed by atoms with E-state index in [1.165, 1.54) is 36.4 Å². The molecule has 0 saturated carbocycles. The van der Waals surface area contributed by atoms with Crippen molar-refractivity contribution < 1.29 is 42.8 Å². The van der Waals surface area contributed by atoms with E-state index in [4.69, 9.17) is 0 Å². The number of aromatic carboxylic acids is 2. The summed E-state index contributed by atoms with van der Waals surface area (Å²) in [4.78, 5) is 52.2. The molecule has 2 aliphatic heterocycles. The second kappa shape index (κ2) is 7.60. The average Bonchev–Trinajstić information content (AvgIpc) is 2.85. The molecule has 0 bridgehead atoms. The van der Waals surface area contributed by atoms with Gasteiger partial charge in [0.25, 0.3) is 0 Å². The highest BCUT2D eigenvalue weighted by Crippen LogP contribution is 2.44. The van der Waals surface area contributed by atoms with E-state index in [0.29, 0.717) is 5.69 Å². The van der Waals surface area contributed by atoms with Gasteiger partial charge in [0.05, 0.1) is 54.3 Å². The number of hydrogen-bond acceptors (Lipinski definition) is 7. The molecule has 0 amide bonds. The van der Waals surface area contributed by atoms with Crippen molar-refractivity contribution in [1.29, 1.82) is 0 Å². The summed E-state index contributed by atoms with van der Waals surface area (Å²) in [6.45, 7) is 0. The summed E-state index contributed by atoms with van der Waals surface area (Å²) in [7, 11) is -4.15. The van der Waals surface area contributed by atoms with Crippen LogP contribution in [0.1, 0.15) is 20.7 Å². The molecule has 0 radical (unpaired) electrons. The smallest absolute Gasteiger partial charge is 0.335 e. The van der Waals surface area contributed by atoms with E-state index >= 15 is 0 Å². The van der Waals surface area contributed by atoms with Crippen LogP contribution in [0.5, 0.6) is 0 Å². The van der Waals surface area contributed by atoms with Gasteiger partial charge in [-0.2, -0.15) is 0 Å². The Hall–Kier alpha value is -4.29. The van der Waals surface area contributed by atoms with Crippen molar-refractivity contribution in [1.82, 2.24) is 0 Å². The molecule has 36 heavy (non-hydrogen) atoms. The van der Waals surface area contributed by atoms with Crippen LogP contribution in [-0.4, -0.2) is 53.9 Å². The molecule has 2 aliphatic carbocycles. The Morgan fingerprint density at radius 1 is 0.861 bits per heavy atom. The second-order valence-electron chi connectivity index (χ2n) is 8.19. The van der Waals surface area contributed by atoms with Crippen molar-refractivity contribution in [3.8, 4) is 0 Å². The third-order valence-corrected chi connectivity index (χ3v) is 9.46. The van der Waals surface area contributed by atoms with Crippen molar-refractivity contribution >= 4 is 62.2 Å². The topological polar surface area (TPSA) is 169 Å². The van der Waals surface area contributed by atoms with Gasteiger partial charge in [-0.1, -0.05) is 0 Å². The summed E-state index contributed by atoms with van der Waals surface area (Å²) < 4.78 is 27.8. The van der Waals surface area contributed by atoms with Crippen LogP contribution in [0.3, 0.4) is 0 Å². The molecule has 0 fully saturated rings. The van der Waals surface area contributed by atoms with E-state index in [2.05, 4.69) is 10.3 Å². The van der Waals surface area contributed by atoms with Crippen molar-refractivity contribution in [3.05, 3.63) is 80.6 Å². The zero-order chi connectivity index (χ0) is 25.5. The number of carboxylic acids is 2. The van der Waals surface area contributed by atoms with Crippen molar-refractivity contribution in [2.24, 2.45) is 0 Å². The molecule has 0 spiro atoms. The monoisotopic (exact) mass is 521 g/mol. The maximum Gasteiger partial charge on any atom is 0.335 e. The molecule has 2 heterocycles. The standard InChI is InChI=1S/C24H12N2O8S2/c27-13-5-6-14(28)18-17(13)19-21(35(33)15-7-9(23(29)30)1-3-11(15)25-19)22-20(18)26-12-4-2-10(24(31)32)8-16(12)36(22)34/h1-8,19,25H,(H,29,30)(H,31,32)/p+1. The predicted octanol–water partition coefficient (Wildman–Crippen LogP) is 0.189. The van der Waals surface area contributed by atoms with Crippen LogP contribution in [0.25, 0.3) is 0 Å². The highest BCUT2D eigenvalue weighted by Gasteiger charge is 2.51. The van der Waals surface area contributed by atoms with Gasteiger partial charge in [-0.15, -0.1) is 0 Å². The molecule has 0 saturated heterocycles. The number of hydrogen-bond donors (Lipinski definition) is 4. The Labute approximate surface area is 206 Å². The van der Waals surface area contributed by atoms with Crippen molar-refractivity contribution in [2.75, 3.05) is 5.32 Å². The van der Waals surface area contributed by atoms with E-state index in [9.17, 15) is 37.8 Å². The maximum absolute atomic E-state index is 13.9. The number of allylic oxidation sites excluding steroid dienone is 4. The molecule has 2 aromatic rings.